The van der Waals surface area contributed by atoms with Gasteiger partial charge in [-0.05, 0) is 19.3 Å². The van der Waals surface area contributed by atoms with E-state index in [0.29, 0.717) is 10.7 Å². The normalized spacial score (nSPS) is 14.2. The Morgan fingerprint density at radius 3 is 2.91 bits per heavy atom. The fourth-order valence-electron chi connectivity index (χ4n) is 2.47. The minimum atomic E-state index is -1.07. The Kier molecular flexibility index (Phi) is 4.19. The van der Waals surface area contributed by atoms with Crippen molar-refractivity contribution >= 4 is 23.2 Å². The number of rotatable bonds is 4. The summed E-state index contributed by atoms with van der Waals surface area (Å²) in [6.45, 7) is 0.179. The van der Waals surface area contributed by atoms with Gasteiger partial charge in [0.15, 0.2) is 11.4 Å². The molecule has 1 aliphatic carbocycles. The van der Waals surface area contributed by atoms with Gasteiger partial charge in [0, 0.05) is 17.4 Å². The fourth-order valence-corrected chi connectivity index (χ4v) is 3.18. The van der Waals surface area contributed by atoms with Gasteiger partial charge >= 0.3 is 5.97 Å². The second-order valence-electron chi connectivity index (χ2n) is 5.11. The van der Waals surface area contributed by atoms with Crippen molar-refractivity contribution in [3.05, 3.63) is 33.1 Å². The predicted octanol–water partition coefficient (Wildman–Crippen LogP) is 2.03. The molecule has 7 nitrogen and oxygen atoms in total. The molecule has 116 valence electrons. The second kappa shape index (κ2) is 6.27. The molecule has 1 amide bonds. The highest BCUT2D eigenvalue weighted by Gasteiger charge is 2.23. The van der Waals surface area contributed by atoms with E-state index in [1.807, 2.05) is 0 Å². The summed E-state index contributed by atoms with van der Waals surface area (Å²) in [5.74, 6) is -0.570. The number of aromatic nitrogens is 2. The number of fused-ring (bicyclic) bond motifs is 1. The van der Waals surface area contributed by atoms with Crippen LogP contribution in [0.15, 0.2) is 9.90 Å². The third kappa shape index (κ3) is 3.01. The van der Waals surface area contributed by atoms with Gasteiger partial charge in [0.25, 0.3) is 5.91 Å². The molecule has 0 spiro atoms. The third-order valence-electron chi connectivity index (χ3n) is 3.59. The summed E-state index contributed by atoms with van der Waals surface area (Å²) in [5.41, 5.74) is 1.23. The molecular weight excluding hydrogens is 306 g/mol. The van der Waals surface area contributed by atoms with E-state index < -0.39 is 5.97 Å². The number of aromatic carboxylic acids is 1. The summed E-state index contributed by atoms with van der Waals surface area (Å²) in [5, 5.41) is 17.4. The summed E-state index contributed by atoms with van der Waals surface area (Å²) in [7, 11) is 0. The Balaban J connectivity index is 1.67. The van der Waals surface area contributed by atoms with Gasteiger partial charge in [-0.15, -0.1) is 11.3 Å². The summed E-state index contributed by atoms with van der Waals surface area (Å²) < 4.78 is 5.27. The van der Waals surface area contributed by atoms with Gasteiger partial charge in [-0.25, -0.2) is 9.78 Å². The Bertz CT molecular complexity index is 707. The Hall–Kier alpha value is -2.22. The number of amides is 1. The standard InChI is InChI=1S/C14H15N3O4S/c18-13(15-6-11-16-9(7-22-11)14(19)20)12-8-4-2-1-3-5-10(8)21-17-12/h7H,1-6H2,(H,15,18)(H,19,20). The molecule has 2 heterocycles. The lowest BCUT2D eigenvalue weighted by molar-refractivity contribution is 0.0691. The van der Waals surface area contributed by atoms with Gasteiger partial charge < -0.3 is 14.9 Å². The molecule has 2 aromatic rings. The number of aryl methyl sites for hydroxylation is 1. The van der Waals surface area contributed by atoms with Crippen LogP contribution in [0.2, 0.25) is 0 Å². The quantitative estimate of drug-likeness (QED) is 0.835. The topological polar surface area (TPSA) is 105 Å². The number of carbonyl (C=O) groups is 2. The molecule has 0 atom stereocenters. The molecule has 0 unspecified atom stereocenters. The van der Waals surface area contributed by atoms with E-state index in [1.54, 1.807) is 0 Å². The lowest BCUT2D eigenvalue weighted by atomic mass is 10.1. The Morgan fingerprint density at radius 1 is 1.32 bits per heavy atom. The zero-order valence-corrected chi connectivity index (χ0v) is 12.6. The molecule has 2 N–H and O–H groups in total. The minimum absolute atomic E-state index is 0.00967. The number of nitrogens with zero attached hydrogens (tertiary/aromatic N) is 2. The van der Waals surface area contributed by atoms with Crippen molar-refractivity contribution in [1.29, 1.82) is 0 Å². The first-order valence-electron chi connectivity index (χ1n) is 7.08. The number of carboxylic acid groups (broad SMARTS) is 1. The zero-order chi connectivity index (χ0) is 15.5. The molecule has 8 heteroatoms. The van der Waals surface area contributed by atoms with Gasteiger partial charge in [-0.1, -0.05) is 11.6 Å². The van der Waals surface area contributed by atoms with Crippen molar-refractivity contribution < 1.29 is 19.2 Å². The average Bonchev–Trinajstić information content (AvgIpc) is 3.07. The summed E-state index contributed by atoms with van der Waals surface area (Å²) in [6.07, 6.45) is 4.84. The summed E-state index contributed by atoms with van der Waals surface area (Å²) in [6, 6.07) is 0. The SMILES string of the molecule is O=C(O)c1csc(CNC(=O)c2noc3c2CCCCC3)n1. The summed E-state index contributed by atoms with van der Waals surface area (Å²) >= 11 is 1.20. The summed E-state index contributed by atoms with van der Waals surface area (Å²) in [4.78, 5) is 26.9. The van der Waals surface area contributed by atoms with Gasteiger partial charge in [-0.3, -0.25) is 4.79 Å². The highest BCUT2D eigenvalue weighted by Crippen LogP contribution is 2.23. The Morgan fingerprint density at radius 2 is 2.14 bits per heavy atom. The Labute approximate surface area is 130 Å². The maximum Gasteiger partial charge on any atom is 0.355 e. The minimum Gasteiger partial charge on any atom is -0.476 e. The van der Waals surface area contributed by atoms with Crippen LogP contribution >= 0.6 is 11.3 Å². The largest absolute Gasteiger partial charge is 0.476 e. The lowest BCUT2D eigenvalue weighted by Gasteiger charge is -2.02. The second-order valence-corrected chi connectivity index (χ2v) is 6.05. The third-order valence-corrected chi connectivity index (χ3v) is 4.44. The molecule has 3 rings (SSSR count). The van der Waals surface area contributed by atoms with Crippen LogP contribution in [0.1, 0.15) is 56.6 Å². The number of carbonyl (C=O) groups excluding carboxylic acids is 1. The average molecular weight is 321 g/mol. The molecule has 1 aliphatic rings. The van der Waals surface area contributed by atoms with Crippen LogP contribution in [0.5, 0.6) is 0 Å². The first kappa shape index (κ1) is 14.7. The molecule has 2 aromatic heterocycles. The van der Waals surface area contributed by atoms with Crippen LogP contribution in [-0.4, -0.2) is 27.1 Å². The van der Waals surface area contributed by atoms with Gasteiger partial charge in [0.05, 0.1) is 6.54 Å². The van der Waals surface area contributed by atoms with E-state index in [2.05, 4.69) is 15.5 Å². The molecule has 0 radical (unpaired) electrons. The van der Waals surface area contributed by atoms with Crippen LogP contribution in [0, 0.1) is 0 Å². The lowest BCUT2D eigenvalue weighted by Crippen LogP contribution is -2.24. The zero-order valence-electron chi connectivity index (χ0n) is 11.8. The van der Waals surface area contributed by atoms with E-state index in [9.17, 15) is 9.59 Å². The van der Waals surface area contributed by atoms with Crippen LogP contribution in [0.3, 0.4) is 0 Å². The van der Waals surface area contributed by atoms with Gasteiger partial charge in [0.2, 0.25) is 0 Å². The van der Waals surface area contributed by atoms with Gasteiger partial charge in [0.1, 0.15) is 10.8 Å². The van der Waals surface area contributed by atoms with E-state index in [1.165, 1.54) is 16.7 Å². The van der Waals surface area contributed by atoms with E-state index in [4.69, 9.17) is 9.63 Å². The molecular formula is C14H15N3O4S. The number of hydrogen-bond donors (Lipinski definition) is 2. The molecule has 0 bridgehead atoms. The monoisotopic (exact) mass is 321 g/mol. The first-order chi connectivity index (χ1) is 10.6. The van der Waals surface area contributed by atoms with Crippen molar-refractivity contribution in [3.8, 4) is 0 Å². The molecule has 0 fully saturated rings. The van der Waals surface area contributed by atoms with Crippen molar-refractivity contribution in [3.63, 3.8) is 0 Å². The molecule has 0 aromatic carbocycles. The van der Waals surface area contributed by atoms with E-state index >= 15 is 0 Å². The maximum atomic E-state index is 12.2. The fraction of sp³-hybridized carbons (Fsp3) is 0.429. The van der Waals surface area contributed by atoms with Crippen molar-refractivity contribution in [2.45, 2.75) is 38.6 Å². The van der Waals surface area contributed by atoms with Crippen molar-refractivity contribution in [2.75, 3.05) is 0 Å². The van der Waals surface area contributed by atoms with Crippen LogP contribution in [-0.2, 0) is 19.4 Å². The number of thiazole rings is 1. The van der Waals surface area contributed by atoms with Crippen molar-refractivity contribution in [2.24, 2.45) is 0 Å². The highest BCUT2D eigenvalue weighted by molar-refractivity contribution is 7.09. The molecule has 22 heavy (non-hydrogen) atoms. The maximum absolute atomic E-state index is 12.2. The van der Waals surface area contributed by atoms with Crippen LogP contribution < -0.4 is 5.32 Å². The number of carboxylic acids is 1. The first-order valence-corrected chi connectivity index (χ1v) is 7.96. The number of hydrogen-bond acceptors (Lipinski definition) is 6. The number of nitrogens with one attached hydrogen (secondary N) is 1. The predicted molar refractivity (Wildman–Crippen MR) is 78.0 cm³/mol. The molecule has 0 aliphatic heterocycles. The van der Waals surface area contributed by atoms with Crippen LogP contribution in [0.25, 0.3) is 0 Å². The highest BCUT2D eigenvalue weighted by atomic mass is 32.1. The van der Waals surface area contributed by atoms with Crippen molar-refractivity contribution in [1.82, 2.24) is 15.5 Å². The van der Waals surface area contributed by atoms with Gasteiger partial charge in [-0.2, -0.15) is 0 Å². The van der Waals surface area contributed by atoms with E-state index in [0.717, 1.165) is 43.4 Å². The smallest absolute Gasteiger partial charge is 0.355 e. The van der Waals surface area contributed by atoms with E-state index in [-0.39, 0.29) is 18.1 Å². The van der Waals surface area contributed by atoms with Crippen LogP contribution in [0.4, 0.5) is 0 Å². The molecule has 0 saturated heterocycles. The molecule has 0 saturated carbocycles.